The lowest BCUT2D eigenvalue weighted by Crippen LogP contribution is -2.30. The molecule has 0 saturated carbocycles. The summed E-state index contributed by atoms with van der Waals surface area (Å²) >= 11 is 0. The Balaban J connectivity index is 1.53. The highest BCUT2D eigenvalue weighted by Gasteiger charge is 2.27. The fourth-order valence-corrected chi connectivity index (χ4v) is 6.05. The van der Waals surface area contributed by atoms with Gasteiger partial charge >= 0.3 is 5.69 Å². The normalized spacial score (nSPS) is 16.2. The second kappa shape index (κ2) is 9.04. The molecule has 0 radical (unpaired) electrons. The van der Waals surface area contributed by atoms with Gasteiger partial charge in [-0.1, -0.05) is 0 Å². The van der Waals surface area contributed by atoms with Gasteiger partial charge in [0.2, 0.25) is 0 Å². The summed E-state index contributed by atoms with van der Waals surface area (Å²) in [6.45, 7) is 2.62. The van der Waals surface area contributed by atoms with Gasteiger partial charge in [0.05, 0.1) is 22.9 Å². The number of aromatic nitrogens is 4. The van der Waals surface area contributed by atoms with Gasteiger partial charge in [0.1, 0.15) is 0 Å². The van der Waals surface area contributed by atoms with Crippen LogP contribution in [-0.2, 0) is 27.6 Å². The molecule has 4 heterocycles. The first kappa shape index (κ1) is 23.8. The van der Waals surface area contributed by atoms with E-state index in [0.29, 0.717) is 11.1 Å². The number of anilines is 3. The summed E-state index contributed by atoms with van der Waals surface area (Å²) in [6, 6.07) is 7.77. The van der Waals surface area contributed by atoms with Crippen LogP contribution in [0.3, 0.4) is 0 Å². The van der Waals surface area contributed by atoms with Gasteiger partial charge in [0, 0.05) is 69.5 Å². The Labute approximate surface area is 214 Å². The third-order valence-corrected chi connectivity index (χ3v) is 7.95. The van der Waals surface area contributed by atoms with Crippen LogP contribution >= 0.6 is 0 Å². The van der Waals surface area contributed by atoms with Crippen LogP contribution in [0.25, 0.3) is 22.2 Å². The topological polar surface area (TPSA) is 51.2 Å². The van der Waals surface area contributed by atoms with Crippen molar-refractivity contribution < 1.29 is 8.78 Å². The van der Waals surface area contributed by atoms with Crippen LogP contribution in [0.5, 0.6) is 0 Å². The zero-order valence-corrected chi connectivity index (χ0v) is 21.5. The molecule has 0 N–H and O–H groups in total. The van der Waals surface area contributed by atoms with Crippen molar-refractivity contribution >= 4 is 28.1 Å². The van der Waals surface area contributed by atoms with Gasteiger partial charge in [0.15, 0.2) is 0 Å². The Hall–Kier alpha value is -3.62. The second-order valence-corrected chi connectivity index (χ2v) is 10.3. The van der Waals surface area contributed by atoms with Gasteiger partial charge in [0.25, 0.3) is 6.43 Å². The van der Waals surface area contributed by atoms with Gasteiger partial charge in [-0.05, 0) is 67.5 Å². The van der Waals surface area contributed by atoms with Crippen molar-refractivity contribution in [2.75, 3.05) is 29.4 Å². The minimum Gasteiger partial charge on any atom is -0.370 e. The fraction of sp³-hybridized carbons (Fsp3) is 0.429. The van der Waals surface area contributed by atoms with E-state index in [9.17, 15) is 13.6 Å². The average molecular weight is 507 g/mol. The maximum Gasteiger partial charge on any atom is 0.328 e. The number of halogens is 2. The maximum absolute atomic E-state index is 14.3. The van der Waals surface area contributed by atoms with Crippen molar-refractivity contribution in [1.29, 1.82) is 0 Å². The van der Waals surface area contributed by atoms with Gasteiger partial charge < -0.3 is 9.80 Å². The van der Waals surface area contributed by atoms with E-state index in [1.165, 1.54) is 6.42 Å². The summed E-state index contributed by atoms with van der Waals surface area (Å²) in [5.74, 6) is 0. The molecule has 2 aromatic carbocycles. The van der Waals surface area contributed by atoms with Crippen LogP contribution in [0.2, 0.25) is 0 Å². The first-order valence-corrected chi connectivity index (χ1v) is 13.0. The zero-order chi connectivity index (χ0) is 25.8. The molecule has 37 heavy (non-hydrogen) atoms. The molecule has 0 amide bonds. The van der Waals surface area contributed by atoms with E-state index >= 15 is 0 Å². The molecule has 6 rings (SSSR count). The Morgan fingerprint density at radius 3 is 2.38 bits per heavy atom. The number of fused-ring (bicyclic) bond motifs is 2. The fourth-order valence-electron chi connectivity index (χ4n) is 6.05. The number of rotatable bonds is 4. The second-order valence-electron chi connectivity index (χ2n) is 10.3. The van der Waals surface area contributed by atoms with E-state index < -0.39 is 6.43 Å². The Morgan fingerprint density at radius 2 is 1.68 bits per heavy atom. The van der Waals surface area contributed by atoms with Gasteiger partial charge in [-0.15, -0.1) is 0 Å². The minimum atomic E-state index is -2.61. The third kappa shape index (κ3) is 3.91. The van der Waals surface area contributed by atoms with E-state index in [1.807, 2.05) is 19.2 Å². The molecule has 2 aromatic heterocycles. The summed E-state index contributed by atoms with van der Waals surface area (Å²) in [5.41, 5.74) is 6.83. The van der Waals surface area contributed by atoms with Gasteiger partial charge in [-0.3, -0.25) is 13.8 Å². The van der Waals surface area contributed by atoms with Crippen LogP contribution in [0.15, 0.2) is 41.5 Å². The van der Waals surface area contributed by atoms with Crippen LogP contribution < -0.4 is 15.5 Å². The molecule has 1 fully saturated rings. The van der Waals surface area contributed by atoms with Crippen LogP contribution in [0.4, 0.5) is 25.8 Å². The van der Waals surface area contributed by atoms with Crippen molar-refractivity contribution in [3.63, 3.8) is 0 Å². The van der Waals surface area contributed by atoms with E-state index in [4.69, 9.17) is 0 Å². The molecule has 0 aliphatic carbocycles. The number of nitrogens with zero attached hydrogens (tertiary/aromatic N) is 6. The molecule has 0 spiro atoms. The van der Waals surface area contributed by atoms with Crippen molar-refractivity contribution in [3.8, 4) is 11.1 Å². The number of hydrogen-bond donors (Lipinski definition) is 0. The number of benzene rings is 2. The number of aryl methyl sites for hydroxylation is 4. The summed E-state index contributed by atoms with van der Waals surface area (Å²) in [4.78, 5) is 17.4. The molecule has 9 heteroatoms. The monoisotopic (exact) mass is 506 g/mol. The molecule has 1 saturated heterocycles. The van der Waals surface area contributed by atoms with E-state index in [1.54, 1.807) is 46.4 Å². The lowest BCUT2D eigenvalue weighted by atomic mass is 9.92. The predicted octanol–water partition coefficient (Wildman–Crippen LogP) is 5.29. The largest absolute Gasteiger partial charge is 0.370 e. The minimum absolute atomic E-state index is 0.0168. The van der Waals surface area contributed by atoms with Crippen LogP contribution in [0.1, 0.15) is 43.2 Å². The average Bonchev–Trinajstić information content (AvgIpc) is 3.44. The first-order valence-electron chi connectivity index (χ1n) is 13.0. The SMILES string of the molecule is Cn1cc(-c2cc3c(cc2C(F)F)N(c2cc(N4CCCCC4)c4c(c2)n(C)c(=O)n4C)CCC3)cn1. The smallest absolute Gasteiger partial charge is 0.328 e. The highest BCUT2D eigenvalue weighted by Crippen LogP contribution is 2.43. The molecule has 0 unspecified atom stereocenters. The van der Waals surface area contributed by atoms with E-state index in [-0.39, 0.29) is 11.3 Å². The summed E-state index contributed by atoms with van der Waals surface area (Å²) in [6.07, 6.45) is 6.01. The lowest BCUT2D eigenvalue weighted by Gasteiger charge is -2.35. The molecule has 0 bridgehead atoms. The Morgan fingerprint density at radius 1 is 0.892 bits per heavy atom. The summed E-state index contributed by atoms with van der Waals surface area (Å²) < 4.78 is 33.7. The van der Waals surface area contributed by atoms with Crippen molar-refractivity contribution in [2.45, 2.75) is 38.5 Å². The van der Waals surface area contributed by atoms with Crippen LogP contribution in [-0.4, -0.2) is 38.5 Å². The van der Waals surface area contributed by atoms with Gasteiger partial charge in [-0.25, -0.2) is 13.6 Å². The molecular weight excluding hydrogens is 474 g/mol. The number of hydrogen-bond acceptors (Lipinski definition) is 4. The third-order valence-electron chi connectivity index (χ3n) is 7.95. The standard InChI is InChI=1S/C28H32F2N6O/c1-32-17-19(16-31-32)21-12-18-8-7-11-36(23(18)15-22(21)27(29)30)20-13-24-26(34(3)28(37)33(24)2)25(14-20)35-9-5-4-6-10-35/h12-17,27H,4-11H2,1-3H3. The number of imidazole rings is 1. The van der Waals surface area contributed by atoms with Crippen molar-refractivity contribution in [1.82, 2.24) is 18.9 Å². The molecule has 7 nitrogen and oxygen atoms in total. The molecule has 0 atom stereocenters. The Kier molecular flexibility index (Phi) is 5.81. The molecule has 194 valence electrons. The van der Waals surface area contributed by atoms with E-state index in [2.05, 4.69) is 21.0 Å². The van der Waals surface area contributed by atoms with Crippen molar-refractivity contribution in [3.05, 3.63) is 58.3 Å². The number of alkyl halides is 2. The zero-order valence-electron chi connectivity index (χ0n) is 21.5. The van der Waals surface area contributed by atoms with E-state index in [0.717, 1.165) is 79.0 Å². The highest BCUT2D eigenvalue weighted by atomic mass is 19.3. The van der Waals surface area contributed by atoms with Crippen LogP contribution in [0, 0.1) is 0 Å². The molecular formula is C28H32F2N6O. The Bertz CT molecular complexity index is 1540. The molecule has 4 aromatic rings. The summed E-state index contributed by atoms with van der Waals surface area (Å²) in [7, 11) is 5.41. The predicted molar refractivity (Wildman–Crippen MR) is 143 cm³/mol. The quantitative estimate of drug-likeness (QED) is 0.378. The molecule has 2 aliphatic rings. The number of piperidine rings is 1. The van der Waals surface area contributed by atoms with Gasteiger partial charge in [-0.2, -0.15) is 5.10 Å². The lowest BCUT2D eigenvalue weighted by molar-refractivity contribution is 0.152. The first-order chi connectivity index (χ1) is 17.8. The highest BCUT2D eigenvalue weighted by molar-refractivity contribution is 5.94. The molecule has 2 aliphatic heterocycles. The van der Waals surface area contributed by atoms with Crippen molar-refractivity contribution in [2.24, 2.45) is 21.1 Å². The summed E-state index contributed by atoms with van der Waals surface area (Å²) in [5, 5.41) is 4.20. The maximum atomic E-state index is 14.3.